The summed E-state index contributed by atoms with van der Waals surface area (Å²) in [5.41, 5.74) is 3.73. The Morgan fingerprint density at radius 1 is 1.44 bits per heavy atom. The molecule has 0 aromatic rings. The van der Waals surface area contributed by atoms with Crippen LogP contribution < -0.4 is 5.32 Å². The van der Waals surface area contributed by atoms with E-state index < -0.39 is 0 Å². The number of fused-ring (bicyclic) bond motifs is 3. The summed E-state index contributed by atoms with van der Waals surface area (Å²) >= 11 is 0. The number of aliphatic imine (C=N–C) groups is 1. The smallest absolute Gasteiger partial charge is 0.104 e. The van der Waals surface area contributed by atoms with Crippen molar-refractivity contribution in [1.82, 2.24) is 5.32 Å². The van der Waals surface area contributed by atoms with E-state index in [1.54, 1.807) is 7.11 Å². The van der Waals surface area contributed by atoms with Gasteiger partial charge in [-0.2, -0.15) is 0 Å². The van der Waals surface area contributed by atoms with Gasteiger partial charge in [0.25, 0.3) is 0 Å². The SMILES string of the molecule is C=NC1=C2CCCCC(=CCC1OC)CN2. The number of hydrogen-bond acceptors (Lipinski definition) is 3. The van der Waals surface area contributed by atoms with E-state index in [0.717, 1.165) is 25.1 Å². The zero-order chi connectivity index (χ0) is 11.4. The molecule has 1 saturated heterocycles. The summed E-state index contributed by atoms with van der Waals surface area (Å²) in [4.78, 5) is 4.16. The molecule has 2 aliphatic rings. The highest BCUT2D eigenvalue weighted by Gasteiger charge is 2.20. The van der Waals surface area contributed by atoms with E-state index in [1.165, 1.54) is 30.5 Å². The molecular weight excluding hydrogens is 200 g/mol. The van der Waals surface area contributed by atoms with Crippen molar-refractivity contribution in [3.8, 4) is 0 Å². The second kappa shape index (κ2) is 5.30. The predicted molar refractivity (Wildman–Crippen MR) is 66.5 cm³/mol. The zero-order valence-electron chi connectivity index (χ0n) is 9.96. The molecule has 0 aromatic heterocycles. The minimum absolute atomic E-state index is 0.0633. The van der Waals surface area contributed by atoms with Crippen molar-refractivity contribution >= 4 is 6.72 Å². The van der Waals surface area contributed by atoms with Crippen molar-refractivity contribution in [2.75, 3.05) is 13.7 Å². The number of hydrogen-bond donors (Lipinski definition) is 1. The van der Waals surface area contributed by atoms with Crippen molar-refractivity contribution in [3.05, 3.63) is 23.0 Å². The van der Waals surface area contributed by atoms with Crippen LogP contribution in [0.15, 0.2) is 28.0 Å². The highest BCUT2D eigenvalue weighted by Crippen LogP contribution is 2.26. The van der Waals surface area contributed by atoms with Crippen LogP contribution in [-0.4, -0.2) is 26.5 Å². The maximum absolute atomic E-state index is 5.50. The van der Waals surface area contributed by atoms with E-state index in [1.807, 2.05) is 0 Å². The van der Waals surface area contributed by atoms with Crippen molar-refractivity contribution in [2.45, 2.75) is 38.2 Å². The summed E-state index contributed by atoms with van der Waals surface area (Å²) in [5, 5.41) is 3.49. The van der Waals surface area contributed by atoms with Gasteiger partial charge in [0.05, 0.1) is 5.70 Å². The Morgan fingerprint density at radius 3 is 3.00 bits per heavy atom. The van der Waals surface area contributed by atoms with Gasteiger partial charge in [-0.25, -0.2) is 0 Å². The van der Waals surface area contributed by atoms with Crippen LogP contribution in [0.1, 0.15) is 32.1 Å². The maximum atomic E-state index is 5.50. The molecule has 1 unspecified atom stereocenters. The van der Waals surface area contributed by atoms with Gasteiger partial charge < -0.3 is 10.1 Å². The Labute approximate surface area is 97.3 Å². The quantitative estimate of drug-likeness (QED) is 0.572. The van der Waals surface area contributed by atoms with E-state index in [9.17, 15) is 0 Å². The summed E-state index contributed by atoms with van der Waals surface area (Å²) in [6.07, 6.45) is 8.07. The Hall–Kier alpha value is -1.09. The lowest BCUT2D eigenvalue weighted by Gasteiger charge is -2.26. The molecule has 1 fully saturated rings. The van der Waals surface area contributed by atoms with Gasteiger partial charge in [0.2, 0.25) is 0 Å². The number of nitrogens with zero attached hydrogens (tertiary/aromatic N) is 1. The largest absolute Gasteiger partial charge is 0.383 e. The van der Waals surface area contributed by atoms with E-state index in [2.05, 4.69) is 23.1 Å². The summed E-state index contributed by atoms with van der Waals surface area (Å²) in [6.45, 7) is 4.64. The normalized spacial score (nSPS) is 26.1. The van der Waals surface area contributed by atoms with Crippen LogP contribution in [0, 0.1) is 0 Å². The number of rotatable bonds is 2. The Bertz CT molecular complexity index is 331. The fourth-order valence-electron chi connectivity index (χ4n) is 2.43. The third-order valence-electron chi connectivity index (χ3n) is 3.39. The van der Waals surface area contributed by atoms with Crippen LogP contribution in [0.3, 0.4) is 0 Å². The number of allylic oxidation sites excluding steroid dienone is 1. The average molecular weight is 220 g/mol. The molecule has 0 aromatic carbocycles. The second-order valence-corrected chi connectivity index (χ2v) is 4.40. The van der Waals surface area contributed by atoms with Crippen LogP contribution in [0.2, 0.25) is 0 Å². The highest BCUT2D eigenvalue weighted by atomic mass is 16.5. The number of ether oxygens (including phenoxy) is 1. The molecule has 3 heteroatoms. The molecule has 2 heterocycles. The third kappa shape index (κ3) is 2.35. The van der Waals surface area contributed by atoms with Gasteiger partial charge in [0, 0.05) is 19.4 Å². The van der Waals surface area contributed by atoms with Crippen molar-refractivity contribution in [3.63, 3.8) is 0 Å². The first-order valence-corrected chi connectivity index (χ1v) is 5.99. The lowest BCUT2D eigenvalue weighted by atomic mass is 9.96. The van der Waals surface area contributed by atoms with Gasteiger partial charge in [-0.15, -0.1) is 0 Å². The molecule has 0 aliphatic carbocycles. The zero-order valence-corrected chi connectivity index (χ0v) is 9.96. The van der Waals surface area contributed by atoms with Gasteiger partial charge in [-0.3, -0.25) is 4.99 Å². The summed E-state index contributed by atoms with van der Waals surface area (Å²) in [6, 6.07) is 0. The maximum Gasteiger partial charge on any atom is 0.104 e. The predicted octanol–water partition coefficient (Wildman–Crippen LogP) is 2.41. The molecule has 2 rings (SSSR count). The standard InChI is InChI=1S/C13H20N2O/c1-14-13-11-6-4-3-5-10(9-15-11)7-8-12(13)16-2/h7,12,15H,1,3-6,8-9H2,2H3. The van der Waals surface area contributed by atoms with E-state index in [-0.39, 0.29) is 6.10 Å². The monoisotopic (exact) mass is 220 g/mol. The van der Waals surface area contributed by atoms with Crippen molar-refractivity contribution < 1.29 is 4.74 Å². The lowest BCUT2D eigenvalue weighted by molar-refractivity contribution is 0.130. The van der Waals surface area contributed by atoms with Crippen LogP contribution >= 0.6 is 0 Å². The summed E-state index contributed by atoms with van der Waals surface area (Å²) < 4.78 is 5.50. The van der Waals surface area contributed by atoms with Crippen molar-refractivity contribution in [1.29, 1.82) is 0 Å². The number of nitrogens with one attached hydrogen (secondary N) is 1. The lowest BCUT2D eigenvalue weighted by Crippen LogP contribution is -2.27. The summed E-state index contributed by atoms with van der Waals surface area (Å²) in [5.74, 6) is 0. The topological polar surface area (TPSA) is 33.6 Å². The van der Waals surface area contributed by atoms with Gasteiger partial charge in [0.1, 0.15) is 6.10 Å². The molecule has 0 spiro atoms. The first-order chi connectivity index (χ1) is 7.85. The fourth-order valence-corrected chi connectivity index (χ4v) is 2.43. The van der Waals surface area contributed by atoms with Crippen LogP contribution in [0.5, 0.6) is 0 Å². The molecular formula is C13H20N2O. The molecule has 2 aliphatic heterocycles. The molecule has 0 amide bonds. The van der Waals surface area contributed by atoms with E-state index >= 15 is 0 Å². The van der Waals surface area contributed by atoms with Gasteiger partial charge in [-0.1, -0.05) is 11.6 Å². The first kappa shape index (κ1) is 11.4. The van der Waals surface area contributed by atoms with Gasteiger partial charge in [-0.05, 0) is 38.8 Å². The van der Waals surface area contributed by atoms with Crippen LogP contribution in [0.4, 0.5) is 0 Å². The minimum Gasteiger partial charge on any atom is -0.383 e. The van der Waals surface area contributed by atoms with Crippen molar-refractivity contribution in [2.24, 2.45) is 4.99 Å². The number of methoxy groups -OCH3 is 1. The third-order valence-corrected chi connectivity index (χ3v) is 3.39. The molecule has 0 saturated carbocycles. The molecule has 1 atom stereocenters. The van der Waals surface area contributed by atoms with E-state index in [0.29, 0.717) is 0 Å². The highest BCUT2D eigenvalue weighted by molar-refractivity contribution is 5.34. The Kier molecular flexibility index (Phi) is 3.78. The molecule has 2 bridgehead atoms. The Balaban J connectivity index is 2.32. The molecule has 16 heavy (non-hydrogen) atoms. The van der Waals surface area contributed by atoms with E-state index in [4.69, 9.17) is 4.74 Å². The average Bonchev–Trinajstić information content (AvgIpc) is 2.26. The molecule has 3 nitrogen and oxygen atoms in total. The molecule has 1 N–H and O–H groups in total. The second-order valence-electron chi connectivity index (χ2n) is 4.40. The molecule has 88 valence electrons. The van der Waals surface area contributed by atoms with Crippen LogP contribution in [0.25, 0.3) is 0 Å². The summed E-state index contributed by atoms with van der Waals surface area (Å²) in [7, 11) is 1.74. The van der Waals surface area contributed by atoms with Gasteiger partial charge in [0.15, 0.2) is 0 Å². The fraction of sp³-hybridized carbons (Fsp3) is 0.615. The molecule has 0 radical (unpaired) electrons. The van der Waals surface area contributed by atoms with Crippen LogP contribution in [-0.2, 0) is 4.74 Å². The minimum atomic E-state index is 0.0633. The Morgan fingerprint density at radius 2 is 2.25 bits per heavy atom. The van der Waals surface area contributed by atoms with Gasteiger partial charge >= 0.3 is 0 Å². The first-order valence-electron chi connectivity index (χ1n) is 5.99.